The molecule has 0 saturated heterocycles. The molecule has 1 N–H and O–H groups in total. The minimum Gasteiger partial charge on any atom is -0.306 e. The Bertz CT molecular complexity index is 322. The summed E-state index contributed by atoms with van der Waals surface area (Å²) in [5.74, 6) is -0.270. The highest BCUT2D eigenvalue weighted by atomic mass is 19.1. The van der Waals surface area contributed by atoms with E-state index in [1.807, 2.05) is 0 Å². The van der Waals surface area contributed by atoms with Gasteiger partial charge in [-0.1, -0.05) is 46.5 Å². The van der Waals surface area contributed by atoms with E-state index in [4.69, 9.17) is 0 Å². The van der Waals surface area contributed by atoms with Crippen LogP contribution in [0.1, 0.15) is 64.6 Å². The van der Waals surface area contributed by atoms with Gasteiger partial charge in [-0.3, -0.25) is 4.98 Å². The van der Waals surface area contributed by atoms with Gasteiger partial charge in [-0.25, -0.2) is 4.39 Å². The Balaban J connectivity index is 2.57. The Hall–Kier alpha value is -0.960. The summed E-state index contributed by atoms with van der Waals surface area (Å²) < 4.78 is 12.9. The summed E-state index contributed by atoms with van der Waals surface area (Å²) in [6, 6.07) is 3.92. The fourth-order valence-corrected chi connectivity index (χ4v) is 2.09. The lowest BCUT2D eigenvalue weighted by atomic mass is 10.0. The van der Waals surface area contributed by atoms with Gasteiger partial charge in [0.25, 0.3) is 0 Å². The number of nitrogens with zero attached hydrogens (tertiary/aromatic N) is 1. The van der Waals surface area contributed by atoms with E-state index in [9.17, 15) is 4.39 Å². The van der Waals surface area contributed by atoms with E-state index in [-0.39, 0.29) is 11.9 Å². The molecule has 1 aromatic rings. The van der Waals surface area contributed by atoms with E-state index in [0.29, 0.717) is 6.04 Å². The maximum atomic E-state index is 12.9. The first kappa shape index (κ1) is 15.1. The number of pyridine rings is 1. The first-order chi connectivity index (χ1) is 8.63. The molecule has 102 valence electrons. The second-order valence-corrected chi connectivity index (χ2v) is 5.12. The van der Waals surface area contributed by atoms with Crippen LogP contribution < -0.4 is 5.32 Å². The van der Waals surface area contributed by atoms with Gasteiger partial charge in [-0.15, -0.1) is 0 Å². The highest BCUT2D eigenvalue weighted by Gasteiger charge is 2.13. The lowest BCUT2D eigenvalue weighted by Gasteiger charge is -2.20. The van der Waals surface area contributed by atoms with Crippen LogP contribution in [0, 0.1) is 5.82 Å². The summed E-state index contributed by atoms with van der Waals surface area (Å²) in [6.07, 6.45) is 7.35. The van der Waals surface area contributed by atoms with E-state index in [2.05, 4.69) is 31.1 Å². The molecule has 0 aromatic carbocycles. The predicted octanol–water partition coefficient (Wildman–Crippen LogP) is 4.23. The first-order valence-corrected chi connectivity index (χ1v) is 7.01. The largest absolute Gasteiger partial charge is 0.306 e. The van der Waals surface area contributed by atoms with Gasteiger partial charge in [0.2, 0.25) is 0 Å². The average Bonchev–Trinajstić information content (AvgIpc) is 2.34. The van der Waals surface area contributed by atoms with Crippen LogP contribution in [-0.2, 0) is 0 Å². The summed E-state index contributed by atoms with van der Waals surface area (Å²) in [5, 5.41) is 3.51. The third kappa shape index (κ3) is 5.58. The fourth-order valence-electron chi connectivity index (χ4n) is 2.09. The molecular weight excluding hydrogens is 227 g/mol. The van der Waals surface area contributed by atoms with E-state index in [0.717, 1.165) is 12.1 Å². The number of unbranched alkanes of at least 4 members (excludes halogenated alkanes) is 3. The molecule has 1 heterocycles. The van der Waals surface area contributed by atoms with Crippen molar-refractivity contribution >= 4 is 0 Å². The summed E-state index contributed by atoms with van der Waals surface area (Å²) >= 11 is 0. The zero-order chi connectivity index (χ0) is 13.4. The monoisotopic (exact) mass is 252 g/mol. The number of hydrogen-bond acceptors (Lipinski definition) is 2. The van der Waals surface area contributed by atoms with Crippen molar-refractivity contribution in [2.45, 2.75) is 65.0 Å². The fraction of sp³-hybridized carbons (Fsp3) is 0.667. The van der Waals surface area contributed by atoms with Crippen molar-refractivity contribution in [3.8, 4) is 0 Å². The Morgan fingerprint density at radius 3 is 2.56 bits per heavy atom. The topological polar surface area (TPSA) is 24.9 Å². The van der Waals surface area contributed by atoms with Crippen LogP contribution in [0.2, 0.25) is 0 Å². The van der Waals surface area contributed by atoms with Crippen LogP contribution in [0.3, 0.4) is 0 Å². The number of halogens is 1. The van der Waals surface area contributed by atoms with E-state index in [1.165, 1.54) is 37.9 Å². The molecule has 0 aliphatic carbocycles. The quantitative estimate of drug-likeness (QED) is 0.700. The van der Waals surface area contributed by atoms with Crippen LogP contribution in [0.15, 0.2) is 18.3 Å². The molecule has 18 heavy (non-hydrogen) atoms. The second kappa shape index (κ2) is 8.20. The Labute approximate surface area is 110 Å². The highest BCUT2D eigenvalue weighted by Crippen LogP contribution is 2.19. The van der Waals surface area contributed by atoms with Crippen molar-refractivity contribution in [3.05, 3.63) is 29.8 Å². The molecule has 0 fully saturated rings. The molecule has 0 spiro atoms. The van der Waals surface area contributed by atoms with Crippen molar-refractivity contribution < 1.29 is 4.39 Å². The van der Waals surface area contributed by atoms with E-state index < -0.39 is 0 Å². The summed E-state index contributed by atoms with van der Waals surface area (Å²) in [7, 11) is 0. The van der Waals surface area contributed by atoms with Gasteiger partial charge in [0, 0.05) is 12.1 Å². The van der Waals surface area contributed by atoms with Gasteiger partial charge in [0.15, 0.2) is 0 Å². The van der Waals surface area contributed by atoms with Gasteiger partial charge in [0.1, 0.15) is 5.82 Å². The Kier molecular flexibility index (Phi) is 6.88. The van der Waals surface area contributed by atoms with Gasteiger partial charge in [-0.05, 0) is 18.6 Å². The van der Waals surface area contributed by atoms with Gasteiger partial charge in [0.05, 0.1) is 11.9 Å². The molecule has 1 aromatic heterocycles. The number of aromatic nitrogens is 1. The maximum absolute atomic E-state index is 12.9. The Morgan fingerprint density at radius 2 is 2.00 bits per heavy atom. The molecule has 0 aliphatic heterocycles. The van der Waals surface area contributed by atoms with Gasteiger partial charge < -0.3 is 5.32 Å². The van der Waals surface area contributed by atoms with Crippen LogP contribution in [-0.4, -0.2) is 11.0 Å². The molecule has 1 rings (SSSR count). The zero-order valence-electron chi connectivity index (χ0n) is 11.7. The molecular formula is C15H25FN2. The molecule has 0 radical (unpaired) electrons. The van der Waals surface area contributed by atoms with Gasteiger partial charge >= 0.3 is 0 Å². The number of nitrogens with one attached hydrogen (secondary N) is 1. The minimum atomic E-state index is -0.270. The van der Waals surface area contributed by atoms with Crippen molar-refractivity contribution in [1.29, 1.82) is 0 Å². The lowest BCUT2D eigenvalue weighted by molar-refractivity contribution is 0.424. The third-order valence-corrected chi connectivity index (χ3v) is 2.99. The normalized spacial score (nSPS) is 12.9. The van der Waals surface area contributed by atoms with Crippen LogP contribution in [0.5, 0.6) is 0 Å². The van der Waals surface area contributed by atoms with Crippen molar-refractivity contribution in [3.63, 3.8) is 0 Å². The molecule has 0 saturated carbocycles. The molecule has 1 atom stereocenters. The van der Waals surface area contributed by atoms with Crippen LogP contribution >= 0.6 is 0 Å². The maximum Gasteiger partial charge on any atom is 0.141 e. The minimum absolute atomic E-state index is 0.238. The SMILES string of the molecule is CCCCCCC(NC(C)C)c1ccc(F)cn1. The summed E-state index contributed by atoms with van der Waals surface area (Å²) in [6.45, 7) is 6.47. The van der Waals surface area contributed by atoms with Crippen molar-refractivity contribution in [2.75, 3.05) is 0 Å². The first-order valence-electron chi connectivity index (χ1n) is 7.01. The third-order valence-electron chi connectivity index (χ3n) is 2.99. The molecule has 2 nitrogen and oxygen atoms in total. The highest BCUT2D eigenvalue weighted by molar-refractivity contribution is 5.10. The van der Waals surface area contributed by atoms with Crippen molar-refractivity contribution in [1.82, 2.24) is 10.3 Å². The standard InChI is InChI=1S/C15H25FN2/c1-4-5-6-7-8-15(18-12(2)3)14-10-9-13(16)11-17-14/h9-12,15,18H,4-8H2,1-3H3. The van der Waals surface area contributed by atoms with Gasteiger partial charge in [-0.2, -0.15) is 0 Å². The summed E-state index contributed by atoms with van der Waals surface area (Å²) in [5.41, 5.74) is 0.946. The number of hydrogen-bond donors (Lipinski definition) is 1. The predicted molar refractivity (Wildman–Crippen MR) is 74.0 cm³/mol. The molecule has 1 unspecified atom stereocenters. The second-order valence-electron chi connectivity index (χ2n) is 5.12. The van der Waals surface area contributed by atoms with Crippen molar-refractivity contribution in [2.24, 2.45) is 0 Å². The lowest BCUT2D eigenvalue weighted by Crippen LogP contribution is -2.28. The average molecular weight is 252 g/mol. The van der Waals surface area contributed by atoms with E-state index in [1.54, 1.807) is 6.07 Å². The molecule has 0 bridgehead atoms. The summed E-state index contributed by atoms with van der Waals surface area (Å²) in [4.78, 5) is 4.19. The Morgan fingerprint density at radius 1 is 1.22 bits per heavy atom. The zero-order valence-corrected chi connectivity index (χ0v) is 11.7. The number of rotatable bonds is 8. The van der Waals surface area contributed by atoms with Crippen LogP contribution in [0.4, 0.5) is 4.39 Å². The van der Waals surface area contributed by atoms with Crippen LogP contribution in [0.25, 0.3) is 0 Å². The molecule has 3 heteroatoms. The molecule has 0 amide bonds. The smallest absolute Gasteiger partial charge is 0.141 e. The molecule has 0 aliphatic rings. The van der Waals surface area contributed by atoms with E-state index >= 15 is 0 Å².